The Hall–Kier alpha value is -2.67. The number of piperidine rings is 1. The number of anilines is 1. The Kier molecular flexibility index (Phi) is 5.67. The minimum atomic E-state index is -0.686. The van der Waals surface area contributed by atoms with Gasteiger partial charge in [-0.2, -0.15) is 0 Å². The van der Waals surface area contributed by atoms with E-state index in [-0.39, 0.29) is 0 Å². The Bertz CT molecular complexity index is 930. The summed E-state index contributed by atoms with van der Waals surface area (Å²) < 4.78 is 0. The van der Waals surface area contributed by atoms with Gasteiger partial charge in [0.05, 0.1) is 5.56 Å². The van der Waals surface area contributed by atoms with Gasteiger partial charge < -0.3 is 16.0 Å². The van der Waals surface area contributed by atoms with Gasteiger partial charge in [-0.25, -0.2) is 0 Å². The fourth-order valence-electron chi connectivity index (χ4n) is 4.34. The maximum absolute atomic E-state index is 12.6. The normalized spacial score (nSPS) is 16.5. The highest BCUT2D eigenvalue weighted by atomic mass is 32.1. The lowest BCUT2D eigenvalue weighted by Gasteiger charge is -2.31. The van der Waals surface area contributed by atoms with Gasteiger partial charge in [0.2, 0.25) is 0 Å². The van der Waals surface area contributed by atoms with Crippen molar-refractivity contribution in [3.63, 3.8) is 0 Å². The van der Waals surface area contributed by atoms with Crippen LogP contribution in [-0.2, 0) is 28.9 Å². The van der Waals surface area contributed by atoms with Crippen LogP contribution in [0.1, 0.15) is 45.6 Å². The van der Waals surface area contributed by atoms with Crippen LogP contribution in [0.5, 0.6) is 0 Å². The van der Waals surface area contributed by atoms with Gasteiger partial charge in [-0.05, 0) is 55.6 Å². The number of fused-ring (bicyclic) bond motifs is 1. The van der Waals surface area contributed by atoms with Crippen molar-refractivity contribution in [2.24, 2.45) is 11.7 Å². The Balaban J connectivity index is 1.35. The highest BCUT2D eigenvalue weighted by molar-refractivity contribution is 7.17. The van der Waals surface area contributed by atoms with Crippen LogP contribution in [0.3, 0.4) is 0 Å². The molecule has 152 valence electrons. The topological polar surface area (TPSA) is 92.5 Å². The fraction of sp³-hybridized carbons (Fsp3) is 0.409. The molecule has 1 aliphatic carbocycles. The second-order valence-corrected chi connectivity index (χ2v) is 8.91. The van der Waals surface area contributed by atoms with Crippen LogP contribution in [0.25, 0.3) is 0 Å². The second-order valence-electron chi connectivity index (χ2n) is 7.81. The minimum Gasteiger partial charge on any atom is -0.365 e. The molecule has 2 heterocycles. The molecular formula is C22H25N3O3S. The summed E-state index contributed by atoms with van der Waals surface area (Å²) in [4.78, 5) is 39.7. The third kappa shape index (κ3) is 4.19. The van der Waals surface area contributed by atoms with E-state index >= 15 is 0 Å². The number of carbonyl (C=O) groups excluding carboxylic acids is 3. The molecule has 0 radical (unpaired) electrons. The average Bonchev–Trinajstić information content (AvgIpc) is 3.29. The zero-order chi connectivity index (χ0) is 20.4. The highest BCUT2D eigenvalue weighted by Gasteiger charge is 2.30. The predicted octanol–water partition coefficient (Wildman–Crippen LogP) is 2.76. The fourth-order valence-corrected chi connectivity index (χ4v) is 5.63. The summed E-state index contributed by atoms with van der Waals surface area (Å²) in [6.07, 6.45) is 5.44. The molecule has 4 rings (SSSR count). The van der Waals surface area contributed by atoms with E-state index in [1.54, 1.807) is 4.90 Å². The largest absolute Gasteiger partial charge is 0.365 e. The van der Waals surface area contributed by atoms with E-state index in [9.17, 15) is 14.4 Å². The molecule has 0 saturated carbocycles. The Morgan fingerprint density at radius 3 is 2.52 bits per heavy atom. The third-order valence-electron chi connectivity index (χ3n) is 5.86. The maximum atomic E-state index is 12.6. The third-order valence-corrected chi connectivity index (χ3v) is 7.07. The van der Waals surface area contributed by atoms with E-state index in [1.807, 2.05) is 18.2 Å². The molecule has 1 aromatic carbocycles. The molecule has 2 aromatic rings. The first kappa shape index (κ1) is 19.6. The quantitative estimate of drug-likeness (QED) is 0.758. The van der Waals surface area contributed by atoms with Crippen molar-refractivity contribution in [3.8, 4) is 0 Å². The van der Waals surface area contributed by atoms with E-state index in [4.69, 9.17) is 5.73 Å². The van der Waals surface area contributed by atoms with Crippen molar-refractivity contribution in [2.75, 3.05) is 18.4 Å². The Labute approximate surface area is 174 Å². The molecule has 3 amide bonds. The second kappa shape index (κ2) is 8.37. The smallest absolute Gasteiger partial charge is 0.314 e. The molecule has 0 unspecified atom stereocenters. The predicted molar refractivity (Wildman–Crippen MR) is 113 cm³/mol. The molecule has 2 aliphatic rings. The van der Waals surface area contributed by atoms with Crippen molar-refractivity contribution >= 4 is 34.1 Å². The van der Waals surface area contributed by atoms with Crippen LogP contribution in [0, 0.1) is 5.92 Å². The Morgan fingerprint density at radius 2 is 1.83 bits per heavy atom. The number of benzene rings is 1. The van der Waals surface area contributed by atoms with E-state index in [1.165, 1.54) is 16.9 Å². The number of nitrogens with zero attached hydrogens (tertiary/aromatic N) is 1. The average molecular weight is 412 g/mol. The zero-order valence-corrected chi connectivity index (χ0v) is 17.1. The minimum absolute atomic E-state index is 0.380. The molecule has 1 saturated heterocycles. The molecule has 0 atom stereocenters. The zero-order valence-electron chi connectivity index (χ0n) is 16.3. The van der Waals surface area contributed by atoms with Crippen molar-refractivity contribution in [3.05, 3.63) is 51.9 Å². The lowest BCUT2D eigenvalue weighted by molar-refractivity contribution is -0.144. The van der Waals surface area contributed by atoms with Gasteiger partial charge in [0.15, 0.2) is 0 Å². The number of thiophene rings is 1. The lowest BCUT2D eigenvalue weighted by atomic mass is 9.90. The van der Waals surface area contributed by atoms with Gasteiger partial charge in [0.25, 0.3) is 5.91 Å². The molecule has 6 nitrogen and oxygen atoms in total. The summed E-state index contributed by atoms with van der Waals surface area (Å²) in [7, 11) is 0. The maximum Gasteiger partial charge on any atom is 0.314 e. The first-order valence-electron chi connectivity index (χ1n) is 10.1. The number of primary amides is 1. The van der Waals surface area contributed by atoms with Crippen LogP contribution in [0.2, 0.25) is 0 Å². The van der Waals surface area contributed by atoms with Crippen LogP contribution in [0.4, 0.5) is 5.00 Å². The summed E-state index contributed by atoms with van der Waals surface area (Å²) in [5, 5.41) is 3.07. The number of nitrogens with one attached hydrogen (secondary N) is 1. The van der Waals surface area contributed by atoms with Crippen LogP contribution in [0.15, 0.2) is 30.3 Å². The number of nitrogens with two attached hydrogens (primary N) is 1. The monoisotopic (exact) mass is 411 g/mol. The molecule has 1 fully saturated rings. The van der Waals surface area contributed by atoms with Crippen molar-refractivity contribution in [1.82, 2.24) is 4.90 Å². The van der Waals surface area contributed by atoms with Gasteiger partial charge in [-0.1, -0.05) is 30.3 Å². The van der Waals surface area contributed by atoms with Gasteiger partial charge in [-0.3, -0.25) is 14.4 Å². The van der Waals surface area contributed by atoms with E-state index in [0.717, 1.165) is 49.0 Å². The summed E-state index contributed by atoms with van der Waals surface area (Å²) in [5.74, 6) is -1.25. The molecule has 7 heteroatoms. The number of carbonyl (C=O) groups is 3. The van der Waals surface area contributed by atoms with E-state index in [0.29, 0.717) is 29.6 Å². The standard InChI is InChI=1S/C22H25N3O3S/c23-19(26)18-16-7-4-8-17(16)29-21(18)24-20(27)22(28)25-11-9-15(10-12-25)13-14-5-2-1-3-6-14/h1-3,5-6,15H,4,7-13H2,(H2,23,26)(H,24,27). The highest BCUT2D eigenvalue weighted by Crippen LogP contribution is 2.38. The molecule has 29 heavy (non-hydrogen) atoms. The number of amides is 3. The van der Waals surface area contributed by atoms with Crippen LogP contribution < -0.4 is 11.1 Å². The molecule has 0 spiro atoms. The number of hydrogen-bond acceptors (Lipinski definition) is 4. The number of likely N-dealkylation sites (tertiary alicyclic amines) is 1. The van der Waals surface area contributed by atoms with E-state index < -0.39 is 17.7 Å². The van der Waals surface area contributed by atoms with Crippen LogP contribution >= 0.6 is 11.3 Å². The first-order chi connectivity index (χ1) is 14.0. The van der Waals surface area contributed by atoms with Gasteiger partial charge >= 0.3 is 11.8 Å². The molecule has 3 N–H and O–H groups in total. The molecule has 0 bridgehead atoms. The van der Waals surface area contributed by atoms with E-state index in [2.05, 4.69) is 17.4 Å². The number of rotatable bonds is 4. The summed E-state index contributed by atoms with van der Waals surface area (Å²) in [6, 6.07) is 10.3. The van der Waals surface area contributed by atoms with Crippen molar-refractivity contribution in [1.29, 1.82) is 0 Å². The van der Waals surface area contributed by atoms with Crippen molar-refractivity contribution in [2.45, 2.75) is 38.5 Å². The lowest BCUT2D eigenvalue weighted by Crippen LogP contribution is -2.44. The molecule has 1 aromatic heterocycles. The van der Waals surface area contributed by atoms with Gasteiger partial charge in [0, 0.05) is 18.0 Å². The molecular weight excluding hydrogens is 386 g/mol. The number of hydrogen-bond donors (Lipinski definition) is 2. The summed E-state index contributed by atoms with van der Waals surface area (Å²) >= 11 is 1.37. The van der Waals surface area contributed by atoms with Crippen LogP contribution in [-0.4, -0.2) is 35.7 Å². The molecule has 1 aliphatic heterocycles. The number of aryl methyl sites for hydroxylation is 1. The SMILES string of the molecule is NC(=O)c1c(NC(=O)C(=O)N2CCC(Cc3ccccc3)CC2)sc2c1CCC2. The summed E-state index contributed by atoms with van der Waals surface area (Å²) in [5.41, 5.74) is 8.15. The van der Waals surface area contributed by atoms with Gasteiger partial charge in [0.1, 0.15) is 5.00 Å². The van der Waals surface area contributed by atoms with Crippen molar-refractivity contribution < 1.29 is 14.4 Å². The first-order valence-corrected chi connectivity index (χ1v) is 10.9. The van der Waals surface area contributed by atoms with Gasteiger partial charge in [-0.15, -0.1) is 11.3 Å². The summed E-state index contributed by atoms with van der Waals surface area (Å²) in [6.45, 7) is 1.15. The Morgan fingerprint density at radius 1 is 1.10 bits per heavy atom.